The van der Waals surface area contributed by atoms with Crippen LogP contribution in [0.3, 0.4) is 0 Å². The Hall–Kier alpha value is -2.11. The van der Waals surface area contributed by atoms with E-state index >= 15 is 0 Å². The number of rotatable bonds is 5. The van der Waals surface area contributed by atoms with Crippen molar-refractivity contribution < 1.29 is 14.7 Å². The number of carbonyl (C=O) groups excluding carboxylic acids is 1. The van der Waals surface area contributed by atoms with Gasteiger partial charge in [-0.3, -0.25) is 14.4 Å². The normalized spacial score (nSPS) is 12.2. The van der Waals surface area contributed by atoms with Crippen LogP contribution in [0.25, 0.3) is 0 Å². The molecule has 0 fully saturated rings. The number of carboxylic acids is 1. The van der Waals surface area contributed by atoms with E-state index < -0.39 is 17.8 Å². The molecule has 0 aliphatic heterocycles. The molecule has 0 saturated heterocycles. The molecule has 0 aliphatic rings. The monoisotopic (exact) mass is 266 g/mol. The van der Waals surface area contributed by atoms with E-state index in [9.17, 15) is 14.4 Å². The first kappa shape index (κ1) is 14.9. The lowest BCUT2D eigenvalue weighted by molar-refractivity contribution is -0.146. The van der Waals surface area contributed by atoms with Crippen molar-refractivity contribution >= 4 is 17.6 Å². The molecular formula is C13H18N2O4. The molecule has 1 rings (SSSR count). The van der Waals surface area contributed by atoms with Crippen molar-refractivity contribution in [1.82, 2.24) is 4.57 Å². The number of aromatic nitrogens is 1. The highest BCUT2D eigenvalue weighted by atomic mass is 16.4. The van der Waals surface area contributed by atoms with Gasteiger partial charge in [0.15, 0.2) is 0 Å². The molecule has 0 unspecified atom stereocenters. The maximum atomic E-state index is 11.9. The van der Waals surface area contributed by atoms with Crippen LogP contribution in [0.5, 0.6) is 0 Å². The third-order valence-electron chi connectivity index (χ3n) is 2.70. The number of pyridine rings is 1. The zero-order valence-electron chi connectivity index (χ0n) is 11.2. The summed E-state index contributed by atoms with van der Waals surface area (Å²) in [7, 11) is 1.56. The summed E-state index contributed by atoms with van der Waals surface area (Å²) in [4.78, 5) is 34.7. The van der Waals surface area contributed by atoms with E-state index in [1.54, 1.807) is 19.3 Å². The number of carbonyl (C=O) groups is 2. The first-order chi connectivity index (χ1) is 8.82. The minimum atomic E-state index is -1.18. The van der Waals surface area contributed by atoms with Crippen LogP contribution in [0.2, 0.25) is 0 Å². The van der Waals surface area contributed by atoms with Crippen LogP contribution in [-0.4, -0.2) is 21.6 Å². The van der Waals surface area contributed by atoms with Crippen molar-refractivity contribution in [1.29, 1.82) is 0 Å². The molecule has 0 saturated carbocycles. The maximum Gasteiger partial charge on any atom is 0.316 e. The molecule has 6 nitrogen and oxygen atoms in total. The van der Waals surface area contributed by atoms with Gasteiger partial charge in [-0.25, -0.2) is 0 Å². The van der Waals surface area contributed by atoms with E-state index in [0.717, 1.165) is 0 Å². The Morgan fingerprint density at radius 3 is 2.58 bits per heavy atom. The number of anilines is 1. The lowest BCUT2D eigenvalue weighted by Gasteiger charge is -2.14. The summed E-state index contributed by atoms with van der Waals surface area (Å²) in [6.07, 6.45) is 1.79. The van der Waals surface area contributed by atoms with Crippen molar-refractivity contribution in [3.05, 3.63) is 28.7 Å². The fourth-order valence-electron chi connectivity index (χ4n) is 1.70. The van der Waals surface area contributed by atoms with Gasteiger partial charge < -0.3 is 15.0 Å². The van der Waals surface area contributed by atoms with Gasteiger partial charge in [0.05, 0.1) is 0 Å². The van der Waals surface area contributed by atoms with E-state index in [2.05, 4.69) is 5.32 Å². The SMILES string of the molecule is CC(C)C[C@H](C(=O)O)C(=O)Nc1cccn(C)c1=O. The van der Waals surface area contributed by atoms with E-state index in [1.807, 2.05) is 13.8 Å². The molecule has 1 aromatic heterocycles. The molecule has 2 N–H and O–H groups in total. The number of amides is 1. The summed E-state index contributed by atoms with van der Waals surface area (Å²) < 4.78 is 1.31. The summed E-state index contributed by atoms with van der Waals surface area (Å²) >= 11 is 0. The Balaban J connectivity index is 2.91. The molecule has 19 heavy (non-hydrogen) atoms. The lowest BCUT2D eigenvalue weighted by Crippen LogP contribution is -2.33. The molecule has 1 heterocycles. The number of aliphatic carboxylic acids is 1. The summed E-state index contributed by atoms with van der Waals surface area (Å²) in [5.41, 5.74) is -0.283. The number of nitrogens with one attached hydrogen (secondary N) is 1. The van der Waals surface area contributed by atoms with Gasteiger partial charge in [-0.1, -0.05) is 13.8 Å². The number of hydrogen-bond acceptors (Lipinski definition) is 3. The molecule has 1 aromatic rings. The second-order valence-electron chi connectivity index (χ2n) is 4.85. The molecular weight excluding hydrogens is 248 g/mol. The Morgan fingerprint density at radius 1 is 1.42 bits per heavy atom. The van der Waals surface area contributed by atoms with Gasteiger partial charge in [0.1, 0.15) is 11.6 Å². The van der Waals surface area contributed by atoms with Crippen molar-refractivity contribution in [3.8, 4) is 0 Å². The van der Waals surface area contributed by atoms with Crippen LogP contribution in [0.1, 0.15) is 20.3 Å². The fourth-order valence-corrected chi connectivity index (χ4v) is 1.70. The molecule has 0 spiro atoms. The number of aryl methyl sites for hydroxylation is 1. The number of carboxylic acid groups (broad SMARTS) is 1. The zero-order valence-corrected chi connectivity index (χ0v) is 11.2. The molecule has 1 amide bonds. The van der Waals surface area contributed by atoms with Crippen LogP contribution in [0.15, 0.2) is 23.1 Å². The summed E-state index contributed by atoms with van der Waals surface area (Å²) in [5.74, 6) is -2.92. The summed E-state index contributed by atoms with van der Waals surface area (Å²) in [5, 5.41) is 11.4. The summed E-state index contributed by atoms with van der Waals surface area (Å²) in [6, 6.07) is 3.06. The Kier molecular flexibility index (Phi) is 4.86. The van der Waals surface area contributed by atoms with Gasteiger partial charge in [-0.15, -0.1) is 0 Å². The largest absolute Gasteiger partial charge is 0.481 e. The van der Waals surface area contributed by atoms with E-state index in [0.29, 0.717) is 0 Å². The highest BCUT2D eigenvalue weighted by Crippen LogP contribution is 2.14. The quantitative estimate of drug-likeness (QED) is 0.780. The van der Waals surface area contributed by atoms with Gasteiger partial charge in [-0.05, 0) is 24.5 Å². The van der Waals surface area contributed by atoms with Gasteiger partial charge in [0.2, 0.25) is 5.91 Å². The molecule has 6 heteroatoms. The fraction of sp³-hybridized carbons (Fsp3) is 0.462. The third-order valence-corrected chi connectivity index (χ3v) is 2.70. The number of nitrogens with zero attached hydrogens (tertiary/aromatic N) is 1. The third kappa shape index (κ3) is 3.94. The highest BCUT2D eigenvalue weighted by molar-refractivity contribution is 6.04. The van der Waals surface area contributed by atoms with Crippen LogP contribution in [0.4, 0.5) is 5.69 Å². The van der Waals surface area contributed by atoms with Crippen LogP contribution >= 0.6 is 0 Å². The standard InChI is InChI=1S/C13H18N2O4/c1-8(2)7-9(13(18)19)11(16)14-10-5-4-6-15(3)12(10)17/h4-6,8-9H,7H2,1-3H3,(H,14,16)(H,18,19)/t9-/m0/s1. The first-order valence-electron chi connectivity index (χ1n) is 6.02. The Labute approximate surface area is 111 Å². The van der Waals surface area contributed by atoms with Crippen LogP contribution in [-0.2, 0) is 16.6 Å². The van der Waals surface area contributed by atoms with Crippen molar-refractivity contribution in [2.45, 2.75) is 20.3 Å². The predicted molar refractivity (Wildman–Crippen MR) is 70.9 cm³/mol. The molecule has 104 valence electrons. The topological polar surface area (TPSA) is 88.4 Å². The van der Waals surface area contributed by atoms with Gasteiger partial charge in [0, 0.05) is 13.2 Å². The maximum absolute atomic E-state index is 11.9. The minimum absolute atomic E-state index is 0.0745. The van der Waals surface area contributed by atoms with E-state index in [-0.39, 0.29) is 23.6 Å². The molecule has 1 atom stereocenters. The van der Waals surface area contributed by atoms with Gasteiger partial charge in [-0.2, -0.15) is 0 Å². The van der Waals surface area contributed by atoms with Gasteiger partial charge in [0.25, 0.3) is 5.56 Å². The Bertz CT molecular complexity index is 534. The Morgan fingerprint density at radius 2 is 2.05 bits per heavy atom. The van der Waals surface area contributed by atoms with Gasteiger partial charge >= 0.3 is 5.97 Å². The van der Waals surface area contributed by atoms with Crippen molar-refractivity contribution in [3.63, 3.8) is 0 Å². The predicted octanol–water partition coefficient (Wildman–Crippen LogP) is 1.07. The smallest absolute Gasteiger partial charge is 0.316 e. The van der Waals surface area contributed by atoms with E-state index in [4.69, 9.17) is 5.11 Å². The van der Waals surface area contributed by atoms with Crippen molar-refractivity contribution in [2.75, 3.05) is 5.32 Å². The van der Waals surface area contributed by atoms with E-state index in [1.165, 1.54) is 10.6 Å². The lowest BCUT2D eigenvalue weighted by atomic mass is 9.96. The second kappa shape index (κ2) is 6.17. The molecule has 0 aromatic carbocycles. The highest BCUT2D eigenvalue weighted by Gasteiger charge is 2.27. The second-order valence-corrected chi connectivity index (χ2v) is 4.85. The summed E-state index contributed by atoms with van der Waals surface area (Å²) in [6.45, 7) is 3.68. The van der Waals surface area contributed by atoms with Crippen LogP contribution in [0, 0.1) is 11.8 Å². The van der Waals surface area contributed by atoms with Crippen LogP contribution < -0.4 is 10.9 Å². The molecule has 0 aliphatic carbocycles. The average molecular weight is 266 g/mol. The number of hydrogen-bond donors (Lipinski definition) is 2. The minimum Gasteiger partial charge on any atom is -0.481 e. The van der Waals surface area contributed by atoms with Crippen molar-refractivity contribution in [2.24, 2.45) is 18.9 Å². The molecule has 0 radical (unpaired) electrons. The first-order valence-corrected chi connectivity index (χ1v) is 6.02. The average Bonchev–Trinajstić information content (AvgIpc) is 2.31. The zero-order chi connectivity index (χ0) is 14.6. The molecule has 0 bridgehead atoms.